The predicted octanol–water partition coefficient (Wildman–Crippen LogP) is 1.46. The van der Waals surface area contributed by atoms with Crippen molar-refractivity contribution >= 4 is 21.8 Å². The third-order valence-corrected chi connectivity index (χ3v) is 1.54. The number of rotatable bonds is 5. The second kappa shape index (κ2) is 6.81. The van der Waals surface area contributed by atoms with Gasteiger partial charge in [0.2, 0.25) is 5.91 Å². The molecule has 0 rings (SSSR count). The van der Waals surface area contributed by atoms with Crippen molar-refractivity contribution in [2.45, 2.75) is 12.8 Å². The number of hydrogen-bond donors (Lipinski definition) is 1. The van der Waals surface area contributed by atoms with Crippen LogP contribution in [-0.4, -0.2) is 17.8 Å². The molecule has 1 N–H and O–H groups in total. The Balaban J connectivity index is 3.16. The summed E-state index contributed by atoms with van der Waals surface area (Å²) in [5, 5.41) is 3.57. The van der Waals surface area contributed by atoms with Gasteiger partial charge in [-0.2, -0.15) is 0 Å². The molecule has 0 fully saturated rings. The molecule has 0 heterocycles. The molecule has 0 bridgehead atoms. The van der Waals surface area contributed by atoms with Crippen LogP contribution < -0.4 is 5.32 Å². The average molecular weight is 206 g/mol. The van der Waals surface area contributed by atoms with E-state index in [1.54, 1.807) is 6.08 Å². The van der Waals surface area contributed by atoms with Crippen molar-refractivity contribution in [2.24, 2.45) is 0 Å². The first-order chi connectivity index (χ1) is 4.81. The number of carbonyl (C=O) groups is 1. The van der Waals surface area contributed by atoms with Crippen molar-refractivity contribution in [1.82, 2.24) is 5.32 Å². The van der Waals surface area contributed by atoms with E-state index in [0.717, 1.165) is 11.8 Å². The lowest BCUT2D eigenvalue weighted by molar-refractivity contribution is -0.120. The van der Waals surface area contributed by atoms with Crippen molar-refractivity contribution in [3.05, 3.63) is 12.7 Å². The molecule has 0 aliphatic rings. The van der Waals surface area contributed by atoms with E-state index in [4.69, 9.17) is 0 Å². The summed E-state index contributed by atoms with van der Waals surface area (Å²) in [7, 11) is 0. The average Bonchev–Trinajstić information content (AvgIpc) is 1.97. The second-order valence-electron chi connectivity index (χ2n) is 1.89. The highest BCUT2D eigenvalue weighted by molar-refractivity contribution is 9.09. The minimum atomic E-state index is 0.0966. The molecule has 0 aromatic carbocycles. The van der Waals surface area contributed by atoms with E-state index in [9.17, 15) is 4.79 Å². The van der Waals surface area contributed by atoms with E-state index in [1.807, 2.05) is 0 Å². The van der Waals surface area contributed by atoms with Gasteiger partial charge in [-0.3, -0.25) is 4.79 Å². The zero-order chi connectivity index (χ0) is 7.82. The van der Waals surface area contributed by atoms with Crippen molar-refractivity contribution in [1.29, 1.82) is 0 Å². The summed E-state index contributed by atoms with van der Waals surface area (Å²) in [4.78, 5) is 10.8. The Morgan fingerprint density at radius 2 is 2.40 bits per heavy atom. The number of amides is 1. The zero-order valence-corrected chi connectivity index (χ0v) is 7.49. The van der Waals surface area contributed by atoms with Gasteiger partial charge in [0.25, 0.3) is 0 Å². The summed E-state index contributed by atoms with van der Waals surface area (Å²) in [6, 6.07) is 0. The third kappa shape index (κ3) is 5.82. The second-order valence-corrected chi connectivity index (χ2v) is 2.68. The van der Waals surface area contributed by atoms with Crippen LogP contribution in [0.5, 0.6) is 0 Å². The van der Waals surface area contributed by atoms with Crippen LogP contribution in [-0.2, 0) is 4.79 Å². The number of carbonyl (C=O) groups excluding carboxylic acids is 1. The molecular formula is C7H12BrNO. The van der Waals surface area contributed by atoms with Gasteiger partial charge in [0.1, 0.15) is 0 Å². The Hall–Kier alpha value is -0.310. The highest BCUT2D eigenvalue weighted by Crippen LogP contribution is 1.92. The Bertz CT molecular complexity index is 114. The highest BCUT2D eigenvalue weighted by atomic mass is 79.9. The Morgan fingerprint density at radius 3 is 2.90 bits per heavy atom. The van der Waals surface area contributed by atoms with Gasteiger partial charge in [-0.05, 0) is 6.42 Å². The van der Waals surface area contributed by atoms with Crippen molar-refractivity contribution < 1.29 is 4.79 Å². The lowest BCUT2D eigenvalue weighted by atomic mass is 10.3. The summed E-state index contributed by atoms with van der Waals surface area (Å²) in [5.41, 5.74) is 0. The van der Waals surface area contributed by atoms with E-state index < -0.39 is 0 Å². The van der Waals surface area contributed by atoms with Crippen LogP contribution in [0.25, 0.3) is 0 Å². The van der Waals surface area contributed by atoms with Gasteiger partial charge in [-0.15, -0.1) is 6.58 Å². The fraction of sp³-hybridized carbons (Fsp3) is 0.571. The summed E-state index contributed by atoms with van der Waals surface area (Å²) < 4.78 is 0. The van der Waals surface area contributed by atoms with Crippen LogP contribution in [0.2, 0.25) is 0 Å². The van der Waals surface area contributed by atoms with E-state index in [1.165, 1.54) is 0 Å². The van der Waals surface area contributed by atoms with Crippen LogP contribution in [0.1, 0.15) is 12.8 Å². The molecule has 2 nitrogen and oxygen atoms in total. The number of hydrogen-bond acceptors (Lipinski definition) is 1. The monoisotopic (exact) mass is 205 g/mol. The van der Waals surface area contributed by atoms with Crippen molar-refractivity contribution in [2.75, 3.05) is 11.9 Å². The minimum Gasteiger partial charge on any atom is -0.353 e. The number of alkyl halides is 1. The molecule has 0 aromatic rings. The molecule has 1 amide bonds. The zero-order valence-electron chi connectivity index (χ0n) is 5.90. The van der Waals surface area contributed by atoms with Crippen LogP contribution in [0.3, 0.4) is 0 Å². The molecule has 58 valence electrons. The molecule has 0 aromatic heterocycles. The van der Waals surface area contributed by atoms with Crippen LogP contribution in [0.15, 0.2) is 12.7 Å². The van der Waals surface area contributed by atoms with Crippen molar-refractivity contribution in [3.8, 4) is 0 Å². The SMILES string of the molecule is C=CCNC(=O)CCCBr. The van der Waals surface area contributed by atoms with Crippen LogP contribution in [0, 0.1) is 0 Å². The number of halogens is 1. The van der Waals surface area contributed by atoms with E-state index in [0.29, 0.717) is 13.0 Å². The Labute approximate surface area is 69.8 Å². The molecule has 0 spiro atoms. The number of nitrogens with one attached hydrogen (secondary N) is 1. The largest absolute Gasteiger partial charge is 0.353 e. The summed E-state index contributed by atoms with van der Waals surface area (Å²) in [6.07, 6.45) is 3.16. The fourth-order valence-electron chi connectivity index (χ4n) is 0.502. The lowest BCUT2D eigenvalue weighted by Crippen LogP contribution is -2.22. The minimum absolute atomic E-state index is 0.0966. The van der Waals surface area contributed by atoms with E-state index >= 15 is 0 Å². The molecule has 10 heavy (non-hydrogen) atoms. The smallest absolute Gasteiger partial charge is 0.220 e. The topological polar surface area (TPSA) is 29.1 Å². The van der Waals surface area contributed by atoms with Gasteiger partial charge >= 0.3 is 0 Å². The maximum atomic E-state index is 10.8. The highest BCUT2D eigenvalue weighted by Gasteiger charge is 1.96. The van der Waals surface area contributed by atoms with Gasteiger partial charge < -0.3 is 5.32 Å². The molecule has 0 saturated carbocycles. The van der Waals surface area contributed by atoms with Gasteiger partial charge in [-0.25, -0.2) is 0 Å². The van der Waals surface area contributed by atoms with Crippen LogP contribution >= 0.6 is 15.9 Å². The predicted molar refractivity (Wildman–Crippen MR) is 46.2 cm³/mol. The van der Waals surface area contributed by atoms with E-state index in [-0.39, 0.29) is 5.91 Å². The van der Waals surface area contributed by atoms with Gasteiger partial charge in [0, 0.05) is 18.3 Å². The lowest BCUT2D eigenvalue weighted by Gasteiger charge is -1.98. The molecule has 0 saturated heterocycles. The normalized spacial score (nSPS) is 8.90. The molecule has 0 radical (unpaired) electrons. The molecule has 0 unspecified atom stereocenters. The Morgan fingerprint density at radius 1 is 1.70 bits per heavy atom. The molecule has 3 heteroatoms. The van der Waals surface area contributed by atoms with Gasteiger partial charge in [0.15, 0.2) is 0 Å². The first-order valence-electron chi connectivity index (χ1n) is 3.24. The first kappa shape index (κ1) is 9.69. The maximum Gasteiger partial charge on any atom is 0.220 e. The molecule has 0 aliphatic heterocycles. The third-order valence-electron chi connectivity index (χ3n) is 0.981. The quantitative estimate of drug-likeness (QED) is 0.535. The fourth-order valence-corrected chi connectivity index (χ4v) is 0.782. The van der Waals surface area contributed by atoms with Gasteiger partial charge in [-0.1, -0.05) is 22.0 Å². The molecular weight excluding hydrogens is 194 g/mol. The van der Waals surface area contributed by atoms with Crippen LogP contribution in [0.4, 0.5) is 0 Å². The van der Waals surface area contributed by atoms with E-state index in [2.05, 4.69) is 27.8 Å². The first-order valence-corrected chi connectivity index (χ1v) is 4.37. The summed E-state index contributed by atoms with van der Waals surface area (Å²) >= 11 is 3.25. The molecule has 0 aliphatic carbocycles. The summed E-state index contributed by atoms with van der Waals surface area (Å²) in [6.45, 7) is 4.06. The van der Waals surface area contributed by atoms with Gasteiger partial charge in [0.05, 0.1) is 0 Å². The maximum absolute atomic E-state index is 10.8. The standard InChI is InChI=1S/C7H12BrNO/c1-2-6-9-7(10)4-3-5-8/h2H,1,3-6H2,(H,9,10). The van der Waals surface area contributed by atoms with Crippen molar-refractivity contribution in [3.63, 3.8) is 0 Å². The Kier molecular flexibility index (Phi) is 6.59. The summed E-state index contributed by atoms with van der Waals surface area (Å²) in [5.74, 6) is 0.0966. The molecule has 0 atom stereocenters.